The van der Waals surface area contributed by atoms with E-state index in [9.17, 15) is 4.79 Å². The lowest BCUT2D eigenvalue weighted by molar-refractivity contribution is -0.122. The molecule has 0 atom stereocenters. The molecule has 0 unspecified atom stereocenters. The normalized spacial score (nSPS) is 11.6. The Morgan fingerprint density at radius 1 is 1.38 bits per heavy atom. The van der Waals surface area contributed by atoms with Gasteiger partial charge in [0.05, 0.1) is 5.69 Å². The lowest BCUT2D eigenvalue weighted by Gasteiger charge is -2.17. The molecule has 1 heterocycles. The molecule has 1 aromatic heterocycles. The molecule has 0 bridgehead atoms. The van der Waals surface area contributed by atoms with Gasteiger partial charge in [0.1, 0.15) is 5.76 Å². The highest BCUT2D eigenvalue weighted by Crippen LogP contribution is 2.18. The fourth-order valence-corrected chi connectivity index (χ4v) is 1.49. The molecule has 1 amide bonds. The van der Waals surface area contributed by atoms with Crippen LogP contribution >= 0.6 is 0 Å². The van der Waals surface area contributed by atoms with Gasteiger partial charge in [0.2, 0.25) is 5.91 Å². The summed E-state index contributed by atoms with van der Waals surface area (Å²) in [5.41, 5.74) is 1.83. The average Bonchev–Trinajstić information content (AvgIpc) is 2.41. The molecule has 0 aromatic carbocycles. The number of amides is 1. The summed E-state index contributed by atoms with van der Waals surface area (Å²) in [6.45, 7) is 10.4. The van der Waals surface area contributed by atoms with Gasteiger partial charge < -0.3 is 9.84 Å². The van der Waals surface area contributed by atoms with E-state index in [2.05, 4.69) is 10.5 Å². The Labute approximate surface area is 96.4 Å². The highest BCUT2D eigenvalue weighted by Gasteiger charge is 2.16. The predicted molar refractivity (Wildman–Crippen MR) is 61.9 cm³/mol. The number of hydrogen-bond acceptors (Lipinski definition) is 3. The molecule has 1 N–H and O–H groups in total. The van der Waals surface area contributed by atoms with Crippen LogP contribution in [-0.2, 0) is 11.3 Å². The molecule has 1 aromatic rings. The van der Waals surface area contributed by atoms with E-state index in [0.29, 0.717) is 13.0 Å². The summed E-state index contributed by atoms with van der Waals surface area (Å²) in [4.78, 5) is 11.6. The molecule has 0 saturated carbocycles. The molecule has 0 aliphatic heterocycles. The molecule has 0 spiro atoms. The van der Waals surface area contributed by atoms with Crippen LogP contribution in [0, 0.1) is 19.3 Å². The highest BCUT2D eigenvalue weighted by molar-refractivity contribution is 5.76. The number of carbonyl (C=O) groups is 1. The minimum atomic E-state index is 0.0167. The minimum absolute atomic E-state index is 0.0167. The van der Waals surface area contributed by atoms with E-state index in [1.54, 1.807) is 0 Å². The summed E-state index contributed by atoms with van der Waals surface area (Å²) < 4.78 is 5.03. The third-order valence-electron chi connectivity index (χ3n) is 2.33. The van der Waals surface area contributed by atoms with Crippen molar-refractivity contribution in [2.45, 2.75) is 47.6 Å². The summed E-state index contributed by atoms with van der Waals surface area (Å²) in [6, 6.07) is 0. The van der Waals surface area contributed by atoms with Crippen LogP contribution in [0.2, 0.25) is 0 Å². The third-order valence-corrected chi connectivity index (χ3v) is 2.33. The lowest BCUT2D eigenvalue weighted by Crippen LogP contribution is -2.27. The van der Waals surface area contributed by atoms with Gasteiger partial charge in [-0.1, -0.05) is 25.9 Å². The van der Waals surface area contributed by atoms with Crippen LogP contribution in [0.15, 0.2) is 4.52 Å². The van der Waals surface area contributed by atoms with Crippen LogP contribution < -0.4 is 5.32 Å². The second kappa shape index (κ2) is 4.68. The van der Waals surface area contributed by atoms with E-state index in [0.717, 1.165) is 17.0 Å². The number of nitrogens with zero attached hydrogens (tertiary/aromatic N) is 1. The maximum atomic E-state index is 11.6. The van der Waals surface area contributed by atoms with Gasteiger partial charge >= 0.3 is 0 Å². The van der Waals surface area contributed by atoms with Crippen molar-refractivity contribution in [3.05, 3.63) is 17.0 Å². The SMILES string of the molecule is Cc1noc(C)c1CNC(=O)CC(C)(C)C. The van der Waals surface area contributed by atoms with Crippen molar-refractivity contribution in [2.75, 3.05) is 0 Å². The number of hydrogen-bond donors (Lipinski definition) is 1. The Morgan fingerprint density at radius 2 is 2.00 bits per heavy atom. The summed E-state index contributed by atoms with van der Waals surface area (Å²) in [5, 5.41) is 6.73. The van der Waals surface area contributed by atoms with Crippen LogP contribution in [0.4, 0.5) is 0 Å². The van der Waals surface area contributed by atoms with Gasteiger partial charge in [0.25, 0.3) is 0 Å². The van der Waals surface area contributed by atoms with E-state index >= 15 is 0 Å². The van der Waals surface area contributed by atoms with Crippen molar-refractivity contribution in [3.63, 3.8) is 0 Å². The molecule has 0 saturated heterocycles. The fraction of sp³-hybridized carbons (Fsp3) is 0.667. The monoisotopic (exact) mass is 224 g/mol. The zero-order valence-electron chi connectivity index (χ0n) is 10.7. The maximum absolute atomic E-state index is 11.6. The van der Waals surface area contributed by atoms with E-state index in [4.69, 9.17) is 4.52 Å². The smallest absolute Gasteiger partial charge is 0.220 e. The van der Waals surface area contributed by atoms with Crippen molar-refractivity contribution < 1.29 is 9.32 Å². The molecule has 4 heteroatoms. The van der Waals surface area contributed by atoms with Crippen molar-refractivity contribution in [3.8, 4) is 0 Å². The second-order valence-electron chi connectivity index (χ2n) is 5.32. The quantitative estimate of drug-likeness (QED) is 0.857. The van der Waals surface area contributed by atoms with Crippen LogP contribution in [0.5, 0.6) is 0 Å². The van der Waals surface area contributed by atoms with Crippen LogP contribution in [0.3, 0.4) is 0 Å². The first kappa shape index (κ1) is 12.7. The molecule has 4 nitrogen and oxygen atoms in total. The Morgan fingerprint density at radius 3 is 2.44 bits per heavy atom. The van der Waals surface area contributed by atoms with Gasteiger partial charge in [-0.3, -0.25) is 4.79 Å². The molecule has 0 aliphatic rings. The number of aromatic nitrogens is 1. The number of nitrogens with one attached hydrogen (secondary N) is 1. The molecule has 0 aliphatic carbocycles. The van der Waals surface area contributed by atoms with Crippen molar-refractivity contribution in [1.82, 2.24) is 10.5 Å². The topological polar surface area (TPSA) is 55.1 Å². The Kier molecular flexibility index (Phi) is 3.73. The first-order valence-corrected chi connectivity index (χ1v) is 5.48. The zero-order chi connectivity index (χ0) is 12.3. The van der Waals surface area contributed by atoms with Crippen molar-refractivity contribution in [2.24, 2.45) is 5.41 Å². The molecular weight excluding hydrogens is 204 g/mol. The molecule has 0 fully saturated rings. The molecular formula is C12H20N2O2. The molecule has 16 heavy (non-hydrogen) atoms. The van der Waals surface area contributed by atoms with E-state index < -0.39 is 0 Å². The third kappa shape index (κ3) is 3.68. The van der Waals surface area contributed by atoms with Crippen molar-refractivity contribution >= 4 is 5.91 Å². The van der Waals surface area contributed by atoms with Gasteiger partial charge in [0, 0.05) is 18.5 Å². The number of carbonyl (C=O) groups excluding carboxylic acids is 1. The second-order valence-corrected chi connectivity index (χ2v) is 5.32. The summed E-state index contributed by atoms with van der Waals surface area (Å²) in [5.74, 6) is 0.834. The predicted octanol–water partition coefficient (Wildman–Crippen LogP) is 2.34. The standard InChI is InChI=1S/C12H20N2O2/c1-8-10(9(2)16-14-8)7-13-11(15)6-12(3,4)5/h6-7H2,1-5H3,(H,13,15). The maximum Gasteiger partial charge on any atom is 0.220 e. The molecule has 1 rings (SSSR count). The lowest BCUT2D eigenvalue weighted by atomic mass is 9.92. The number of rotatable bonds is 3. The van der Waals surface area contributed by atoms with Crippen LogP contribution in [0.1, 0.15) is 44.2 Å². The first-order valence-electron chi connectivity index (χ1n) is 5.48. The molecule has 90 valence electrons. The largest absolute Gasteiger partial charge is 0.361 e. The van der Waals surface area contributed by atoms with Gasteiger partial charge in [0.15, 0.2) is 0 Å². The van der Waals surface area contributed by atoms with Gasteiger partial charge in [-0.15, -0.1) is 0 Å². The Balaban J connectivity index is 2.50. The summed E-state index contributed by atoms with van der Waals surface area (Å²) >= 11 is 0. The van der Waals surface area contributed by atoms with E-state index in [-0.39, 0.29) is 11.3 Å². The first-order chi connectivity index (χ1) is 7.29. The van der Waals surface area contributed by atoms with Crippen molar-refractivity contribution in [1.29, 1.82) is 0 Å². The van der Waals surface area contributed by atoms with Crippen LogP contribution in [0.25, 0.3) is 0 Å². The summed E-state index contributed by atoms with van der Waals surface area (Å²) in [7, 11) is 0. The van der Waals surface area contributed by atoms with E-state index in [1.807, 2.05) is 34.6 Å². The van der Waals surface area contributed by atoms with Gasteiger partial charge in [-0.25, -0.2) is 0 Å². The Bertz CT molecular complexity index is 355. The zero-order valence-corrected chi connectivity index (χ0v) is 10.7. The minimum Gasteiger partial charge on any atom is -0.361 e. The molecule has 0 radical (unpaired) electrons. The van der Waals surface area contributed by atoms with Crippen LogP contribution in [-0.4, -0.2) is 11.1 Å². The average molecular weight is 224 g/mol. The fourth-order valence-electron chi connectivity index (χ4n) is 1.49. The Hall–Kier alpha value is -1.32. The van der Waals surface area contributed by atoms with E-state index in [1.165, 1.54) is 0 Å². The number of aryl methyl sites for hydroxylation is 2. The van der Waals surface area contributed by atoms with Gasteiger partial charge in [-0.2, -0.15) is 0 Å². The highest BCUT2D eigenvalue weighted by atomic mass is 16.5. The van der Waals surface area contributed by atoms with Gasteiger partial charge in [-0.05, 0) is 19.3 Å². The summed E-state index contributed by atoms with van der Waals surface area (Å²) in [6.07, 6.45) is 0.524.